The molecule has 0 fully saturated rings. The van der Waals surface area contributed by atoms with Gasteiger partial charge in [-0.25, -0.2) is 0 Å². The molecule has 0 spiro atoms. The first-order valence-corrected chi connectivity index (χ1v) is 10.4. The number of ether oxygens (including phenoxy) is 4. The first kappa shape index (κ1) is 22.9. The Morgan fingerprint density at radius 3 is 2.35 bits per heavy atom. The molecule has 168 valence electrons. The Balaban J connectivity index is 1.95. The number of benzene rings is 2. The van der Waals surface area contributed by atoms with E-state index >= 15 is 0 Å². The van der Waals surface area contributed by atoms with Gasteiger partial charge in [0.15, 0.2) is 11.5 Å². The monoisotopic (exact) mass is 428 g/mol. The van der Waals surface area contributed by atoms with Crippen LogP contribution in [0.4, 0.5) is 0 Å². The van der Waals surface area contributed by atoms with Gasteiger partial charge in [-0.2, -0.15) is 0 Å². The largest absolute Gasteiger partial charge is 0.497 e. The topological polar surface area (TPSA) is 69.3 Å². The maximum absolute atomic E-state index is 12.3. The Morgan fingerprint density at radius 1 is 1.06 bits per heavy atom. The first-order valence-electron chi connectivity index (χ1n) is 10.4. The maximum Gasteiger partial charge on any atom is 0.246 e. The number of carbonyl (C=O) groups excluding carboxylic acids is 1. The Hall–Kier alpha value is -2.77. The second kappa shape index (κ2) is 10.5. The molecule has 1 aliphatic rings. The Labute approximate surface area is 184 Å². The fourth-order valence-corrected chi connectivity index (χ4v) is 4.26. The minimum atomic E-state index is -0.132. The number of hydrogen-bond donors (Lipinski definition) is 1. The average Bonchev–Trinajstić information content (AvgIpc) is 2.78. The van der Waals surface area contributed by atoms with Gasteiger partial charge in [-0.3, -0.25) is 9.69 Å². The van der Waals surface area contributed by atoms with Crippen molar-refractivity contribution in [1.82, 2.24) is 10.2 Å². The average molecular weight is 429 g/mol. The van der Waals surface area contributed by atoms with Gasteiger partial charge in [0.2, 0.25) is 5.91 Å². The predicted octanol–water partition coefficient (Wildman–Crippen LogP) is 2.96. The molecule has 1 amide bonds. The van der Waals surface area contributed by atoms with E-state index in [9.17, 15) is 4.79 Å². The fraction of sp³-hybridized carbons (Fsp3) is 0.458. The lowest BCUT2D eigenvalue weighted by molar-refractivity contribution is -0.125. The second-order valence-electron chi connectivity index (χ2n) is 7.71. The first-order chi connectivity index (χ1) is 15.0. The summed E-state index contributed by atoms with van der Waals surface area (Å²) in [5.41, 5.74) is 3.54. The van der Waals surface area contributed by atoms with E-state index in [2.05, 4.69) is 28.4 Å². The van der Waals surface area contributed by atoms with E-state index in [0.29, 0.717) is 5.75 Å². The van der Waals surface area contributed by atoms with Crippen LogP contribution in [0.25, 0.3) is 0 Å². The normalized spacial score (nSPS) is 16.9. The van der Waals surface area contributed by atoms with Crippen LogP contribution < -0.4 is 19.5 Å². The molecule has 0 aliphatic carbocycles. The number of hydrogen-bond acceptors (Lipinski definition) is 6. The lowest BCUT2D eigenvalue weighted by Crippen LogP contribution is -2.48. The van der Waals surface area contributed by atoms with Crippen LogP contribution in [-0.2, 0) is 22.5 Å². The minimum absolute atomic E-state index is 0.0218. The van der Waals surface area contributed by atoms with Gasteiger partial charge >= 0.3 is 0 Å². The molecule has 1 aliphatic heterocycles. The SMILES string of the molecule is COCC(=O)N[C@@H](C)[C@H]1c2cc(OC)c(OC)cc2CCN1Cc1ccc(OC)cc1. The molecule has 2 aromatic rings. The summed E-state index contributed by atoms with van der Waals surface area (Å²) >= 11 is 0. The maximum atomic E-state index is 12.3. The van der Waals surface area contributed by atoms with Crippen molar-refractivity contribution < 1.29 is 23.7 Å². The Morgan fingerprint density at radius 2 is 1.74 bits per heavy atom. The third-order valence-electron chi connectivity index (χ3n) is 5.71. The van der Waals surface area contributed by atoms with Crippen molar-refractivity contribution in [2.45, 2.75) is 32.0 Å². The summed E-state index contributed by atoms with van der Waals surface area (Å²) in [6.07, 6.45) is 0.890. The van der Waals surface area contributed by atoms with Crippen LogP contribution in [0.2, 0.25) is 0 Å². The van der Waals surface area contributed by atoms with Gasteiger partial charge in [-0.1, -0.05) is 12.1 Å². The number of nitrogens with one attached hydrogen (secondary N) is 1. The number of nitrogens with zero attached hydrogens (tertiary/aromatic N) is 1. The van der Waals surface area contributed by atoms with E-state index in [1.54, 1.807) is 21.3 Å². The molecule has 0 bridgehead atoms. The highest BCUT2D eigenvalue weighted by atomic mass is 16.5. The summed E-state index contributed by atoms with van der Waals surface area (Å²) in [4.78, 5) is 14.7. The molecular formula is C24H32N2O5. The van der Waals surface area contributed by atoms with Crippen LogP contribution in [0.5, 0.6) is 17.2 Å². The van der Waals surface area contributed by atoms with Gasteiger partial charge in [0.25, 0.3) is 0 Å². The van der Waals surface area contributed by atoms with Crippen LogP contribution in [-0.4, -0.2) is 58.4 Å². The zero-order valence-corrected chi connectivity index (χ0v) is 18.9. The van der Waals surface area contributed by atoms with Crippen molar-refractivity contribution in [3.63, 3.8) is 0 Å². The molecule has 0 aromatic heterocycles. The molecule has 7 nitrogen and oxygen atoms in total. The van der Waals surface area contributed by atoms with E-state index < -0.39 is 0 Å². The van der Waals surface area contributed by atoms with Gasteiger partial charge < -0.3 is 24.3 Å². The van der Waals surface area contributed by atoms with Crippen molar-refractivity contribution in [1.29, 1.82) is 0 Å². The Kier molecular flexibility index (Phi) is 7.76. The number of fused-ring (bicyclic) bond motifs is 1. The van der Waals surface area contributed by atoms with Gasteiger partial charge in [0.1, 0.15) is 12.4 Å². The highest BCUT2D eigenvalue weighted by molar-refractivity contribution is 5.77. The zero-order chi connectivity index (χ0) is 22.4. The number of methoxy groups -OCH3 is 4. The van der Waals surface area contributed by atoms with E-state index in [0.717, 1.165) is 36.6 Å². The molecule has 7 heteroatoms. The highest BCUT2D eigenvalue weighted by Crippen LogP contribution is 2.40. The summed E-state index contributed by atoms with van der Waals surface area (Å²) in [6, 6.07) is 12.0. The molecule has 31 heavy (non-hydrogen) atoms. The van der Waals surface area contributed by atoms with E-state index in [-0.39, 0.29) is 24.6 Å². The van der Waals surface area contributed by atoms with Crippen molar-refractivity contribution >= 4 is 5.91 Å². The molecule has 1 N–H and O–H groups in total. The van der Waals surface area contributed by atoms with Gasteiger partial charge in [0, 0.05) is 26.2 Å². The lowest BCUT2D eigenvalue weighted by atomic mass is 9.87. The molecule has 2 atom stereocenters. The van der Waals surface area contributed by atoms with Crippen LogP contribution in [0.15, 0.2) is 36.4 Å². The summed E-state index contributed by atoms with van der Waals surface area (Å²) in [7, 11) is 6.47. The smallest absolute Gasteiger partial charge is 0.246 e. The fourth-order valence-electron chi connectivity index (χ4n) is 4.26. The standard InChI is InChI=1S/C24H32N2O5/c1-16(25-23(27)15-28-2)24-20-13-22(31-5)21(30-4)12-18(20)10-11-26(24)14-17-6-8-19(29-3)9-7-17/h6-9,12-13,16,24H,10-11,14-15H2,1-5H3,(H,25,27)/t16-,24-/m0/s1. The second-order valence-corrected chi connectivity index (χ2v) is 7.71. The minimum Gasteiger partial charge on any atom is -0.497 e. The number of amides is 1. The summed E-state index contributed by atoms with van der Waals surface area (Å²) in [6.45, 7) is 3.69. The van der Waals surface area contributed by atoms with E-state index in [4.69, 9.17) is 18.9 Å². The van der Waals surface area contributed by atoms with E-state index in [1.807, 2.05) is 25.1 Å². The molecule has 0 radical (unpaired) electrons. The Bertz CT molecular complexity index is 884. The highest BCUT2D eigenvalue weighted by Gasteiger charge is 2.33. The molecule has 0 unspecified atom stereocenters. The molecule has 0 saturated heterocycles. The summed E-state index contributed by atoms with van der Waals surface area (Å²) in [5.74, 6) is 2.11. The number of rotatable bonds is 9. The van der Waals surface area contributed by atoms with Crippen LogP contribution in [0, 0.1) is 0 Å². The van der Waals surface area contributed by atoms with Crippen molar-refractivity contribution in [2.75, 3.05) is 41.6 Å². The van der Waals surface area contributed by atoms with Crippen LogP contribution in [0.3, 0.4) is 0 Å². The van der Waals surface area contributed by atoms with E-state index in [1.165, 1.54) is 18.2 Å². The van der Waals surface area contributed by atoms with Crippen molar-refractivity contribution in [3.05, 3.63) is 53.1 Å². The molecule has 2 aromatic carbocycles. The predicted molar refractivity (Wildman–Crippen MR) is 119 cm³/mol. The molecule has 1 heterocycles. The van der Waals surface area contributed by atoms with Crippen LogP contribution in [0.1, 0.15) is 29.7 Å². The lowest BCUT2D eigenvalue weighted by Gasteiger charge is -2.41. The van der Waals surface area contributed by atoms with Gasteiger partial charge in [0.05, 0.1) is 27.4 Å². The zero-order valence-electron chi connectivity index (χ0n) is 18.9. The molecule has 0 saturated carbocycles. The summed E-state index contributed by atoms with van der Waals surface area (Å²) < 4.78 is 21.3. The number of carbonyl (C=O) groups is 1. The van der Waals surface area contributed by atoms with Gasteiger partial charge in [-0.05, 0) is 54.3 Å². The molecule has 3 rings (SSSR count). The van der Waals surface area contributed by atoms with Crippen molar-refractivity contribution in [2.24, 2.45) is 0 Å². The van der Waals surface area contributed by atoms with Crippen LogP contribution >= 0.6 is 0 Å². The third kappa shape index (κ3) is 5.29. The third-order valence-corrected chi connectivity index (χ3v) is 5.71. The summed E-state index contributed by atoms with van der Waals surface area (Å²) in [5, 5.41) is 3.09. The molecular weight excluding hydrogens is 396 g/mol. The van der Waals surface area contributed by atoms with Gasteiger partial charge in [-0.15, -0.1) is 0 Å². The quantitative estimate of drug-likeness (QED) is 0.662. The van der Waals surface area contributed by atoms with Crippen molar-refractivity contribution in [3.8, 4) is 17.2 Å².